The van der Waals surface area contributed by atoms with Gasteiger partial charge in [-0.3, -0.25) is 10.1 Å². The highest BCUT2D eigenvalue weighted by atomic mass is 32.1. The van der Waals surface area contributed by atoms with Gasteiger partial charge in [-0.15, -0.1) is 0 Å². The van der Waals surface area contributed by atoms with Crippen LogP contribution in [0.15, 0.2) is 0 Å². The zero-order valence-electron chi connectivity index (χ0n) is 9.06. The molecule has 0 fully saturated rings. The predicted molar refractivity (Wildman–Crippen MR) is 64.2 cm³/mol. The summed E-state index contributed by atoms with van der Waals surface area (Å²) in [6.45, 7) is 1.000. The van der Waals surface area contributed by atoms with Gasteiger partial charge in [-0.25, -0.2) is 0 Å². The monoisotopic (exact) mass is 253 g/mol. The number of thiol groups is 1. The summed E-state index contributed by atoms with van der Waals surface area (Å²) < 4.78 is 11.0. The molecule has 0 aliphatic carbocycles. The van der Waals surface area contributed by atoms with E-state index in [0.717, 1.165) is 11.1 Å². The van der Waals surface area contributed by atoms with E-state index in [4.69, 9.17) is 9.47 Å². The van der Waals surface area contributed by atoms with Crippen LogP contribution in [-0.2, 0) is 18.6 Å². The summed E-state index contributed by atoms with van der Waals surface area (Å²) >= 11 is 4.29. The van der Waals surface area contributed by atoms with Crippen LogP contribution in [0, 0.1) is 10.1 Å². The molecular formula is C11H11NO4S. The van der Waals surface area contributed by atoms with Crippen molar-refractivity contribution in [3.63, 3.8) is 0 Å². The van der Waals surface area contributed by atoms with Gasteiger partial charge in [0, 0.05) is 29.7 Å². The fourth-order valence-corrected chi connectivity index (χ4v) is 2.87. The fraction of sp³-hybridized carbons (Fsp3) is 0.455. The second-order valence-electron chi connectivity index (χ2n) is 4.05. The molecule has 2 aliphatic heterocycles. The van der Waals surface area contributed by atoms with Gasteiger partial charge in [0.2, 0.25) is 5.75 Å². The van der Waals surface area contributed by atoms with Crippen molar-refractivity contribution in [1.29, 1.82) is 0 Å². The molecular weight excluding hydrogens is 242 g/mol. The highest BCUT2D eigenvalue weighted by Gasteiger charge is 2.36. The molecule has 1 aromatic carbocycles. The zero-order chi connectivity index (χ0) is 12.0. The Morgan fingerprint density at radius 3 is 2.47 bits per heavy atom. The molecule has 2 heterocycles. The number of hydrogen-bond acceptors (Lipinski definition) is 5. The molecule has 6 heteroatoms. The third kappa shape index (κ3) is 1.40. The molecule has 0 unspecified atom stereocenters. The van der Waals surface area contributed by atoms with E-state index in [2.05, 4.69) is 12.6 Å². The van der Waals surface area contributed by atoms with E-state index in [0.29, 0.717) is 48.9 Å². The predicted octanol–water partition coefficient (Wildman–Crippen LogP) is 1.89. The first-order chi connectivity index (χ1) is 8.24. The number of nitrogens with zero attached hydrogens (tertiary/aromatic N) is 1. The number of hydrogen-bond donors (Lipinski definition) is 1. The lowest BCUT2D eigenvalue weighted by Gasteiger charge is -2.11. The molecule has 17 heavy (non-hydrogen) atoms. The summed E-state index contributed by atoms with van der Waals surface area (Å²) in [7, 11) is 0. The molecule has 0 spiro atoms. The van der Waals surface area contributed by atoms with Crippen LogP contribution in [0.5, 0.6) is 11.5 Å². The summed E-state index contributed by atoms with van der Waals surface area (Å²) in [4.78, 5) is 10.8. The van der Waals surface area contributed by atoms with Gasteiger partial charge >= 0.3 is 5.69 Å². The first-order valence-corrected chi connectivity index (χ1v) is 6.08. The normalized spacial score (nSPS) is 16.1. The number of nitro benzene ring substituents is 1. The van der Waals surface area contributed by atoms with Crippen molar-refractivity contribution in [2.45, 2.75) is 18.6 Å². The van der Waals surface area contributed by atoms with Crippen molar-refractivity contribution in [3.05, 3.63) is 26.8 Å². The molecule has 1 aromatic rings. The topological polar surface area (TPSA) is 61.6 Å². The minimum atomic E-state index is -0.361. The minimum Gasteiger partial charge on any atom is -0.492 e. The van der Waals surface area contributed by atoms with E-state index < -0.39 is 0 Å². The molecule has 0 aromatic heterocycles. The van der Waals surface area contributed by atoms with Gasteiger partial charge in [0.05, 0.1) is 23.7 Å². The van der Waals surface area contributed by atoms with Crippen LogP contribution in [0.25, 0.3) is 0 Å². The van der Waals surface area contributed by atoms with Crippen molar-refractivity contribution in [1.82, 2.24) is 0 Å². The van der Waals surface area contributed by atoms with E-state index in [1.54, 1.807) is 0 Å². The number of rotatable bonds is 2. The lowest BCUT2D eigenvalue weighted by atomic mass is 9.98. The molecule has 0 bridgehead atoms. The van der Waals surface area contributed by atoms with Gasteiger partial charge < -0.3 is 9.47 Å². The van der Waals surface area contributed by atoms with Gasteiger partial charge in [-0.2, -0.15) is 12.6 Å². The molecule has 90 valence electrons. The fourth-order valence-electron chi connectivity index (χ4n) is 2.54. The number of nitro groups is 1. The molecule has 3 rings (SSSR count). The van der Waals surface area contributed by atoms with Crippen LogP contribution < -0.4 is 9.47 Å². The number of benzene rings is 1. The van der Waals surface area contributed by atoms with E-state index in [9.17, 15) is 10.1 Å². The van der Waals surface area contributed by atoms with Crippen molar-refractivity contribution < 1.29 is 14.4 Å². The summed E-state index contributed by atoms with van der Waals surface area (Å²) in [6, 6.07) is 0. The first-order valence-electron chi connectivity index (χ1n) is 5.45. The second-order valence-corrected chi connectivity index (χ2v) is 4.37. The van der Waals surface area contributed by atoms with E-state index in [1.807, 2.05) is 0 Å². The third-order valence-electron chi connectivity index (χ3n) is 3.23. The second kappa shape index (κ2) is 3.80. The van der Waals surface area contributed by atoms with Crippen LogP contribution in [0.3, 0.4) is 0 Å². The summed E-state index contributed by atoms with van der Waals surface area (Å²) in [5, 5.41) is 11.2. The molecule has 5 nitrogen and oxygen atoms in total. The maximum absolute atomic E-state index is 11.2. The number of ether oxygens (including phenoxy) is 2. The van der Waals surface area contributed by atoms with Gasteiger partial charge in [0.25, 0.3) is 0 Å². The van der Waals surface area contributed by atoms with E-state index in [1.165, 1.54) is 0 Å². The van der Waals surface area contributed by atoms with Crippen molar-refractivity contribution >= 4 is 18.3 Å². The summed E-state index contributed by atoms with van der Waals surface area (Å²) in [5.74, 6) is 1.62. The third-order valence-corrected chi connectivity index (χ3v) is 3.54. The summed E-state index contributed by atoms with van der Waals surface area (Å²) in [5.41, 5.74) is 2.61. The molecule has 0 saturated carbocycles. The smallest absolute Gasteiger partial charge is 0.318 e. The van der Waals surface area contributed by atoms with Gasteiger partial charge in [-0.05, 0) is 0 Å². The Hall–Kier alpha value is -1.43. The van der Waals surface area contributed by atoms with Crippen molar-refractivity contribution in [2.75, 3.05) is 13.2 Å². The maximum Gasteiger partial charge on any atom is 0.318 e. The average molecular weight is 253 g/mol. The van der Waals surface area contributed by atoms with Crippen LogP contribution in [0.1, 0.15) is 16.7 Å². The minimum absolute atomic E-state index is 0.0931. The van der Waals surface area contributed by atoms with Crippen molar-refractivity contribution in [3.8, 4) is 11.5 Å². The van der Waals surface area contributed by atoms with Gasteiger partial charge in [0.1, 0.15) is 5.75 Å². The SMILES string of the molecule is O=[N+]([O-])c1c2c(c(CS)c3c1OCC3)OCC2. The van der Waals surface area contributed by atoms with Crippen LogP contribution in [0.2, 0.25) is 0 Å². The Labute approximate surface area is 103 Å². The maximum atomic E-state index is 11.2. The molecule has 0 radical (unpaired) electrons. The highest BCUT2D eigenvalue weighted by Crippen LogP contribution is 2.48. The van der Waals surface area contributed by atoms with E-state index >= 15 is 0 Å². The Balaban J connectivity index is 2.34. The van der Waals surface area contributed by atoms with Crippen molar-refractivity contribution in [2.24, 2.45) is 0 Å². The molecule has 0 atom stereocenters. The Kier molecular flexibility index (Phi) is 2.39. The quantitative estimate of drug-likeness (QED) is 0.496. The Morgan fingerprint density at radius 2 is 1.82 bits per heavy atom. The van der Waals surface area contributed by atoms with Gasteiger partial charge in [0.15, 0.2) is 0 Å². The Morgan fingerprint density at radius 1 is 1.18 bits per heavy atom. The lowest BCUT2D eigenvalue weighted by molar-refractivity contribution is -0.386. The highest BCUT2D eigenvalue weighted by molar-refractivity contribution is 7.79. The molecule has 0 saturated heterocycles. The Bertz CT molecular complexity index is 480. The lowest BCUT2D eigenvalue weighted by Crippen LogP contribution is -2.00. The molecule has 0 N–H and O–H groups in total. The van der Waals surface area contributed by atoms with Crippen LogP contribution in [0.4, 0.5) is 5.69 Å². The zero-order valence-corrected chi connectivity index (χ0v) is 9.96. The standard InChI is InChI=1S/C11H11NO4S/c13-12(14)9-7-2-4-15-10(7)8(5-17)6-1-3-16-11(6)9/h17H,1-5H2. The molecule has 2 aliphatic rings. The summed E-state index contributed by atoms with van der Waals surface area (Å²) in [6.07, 6.45) is 1.27. The first kappa shape index (κ1) is 10.7. The van der Waals surface area contributed by atoms with Crippen LogP contribution in [-0.4, -0.2) is 18.1 Å². The average Bonchev–Trinajstić information content (AvgIpc) is 2.92. The number of fused-ring (bicyclic) bond motifs is 2. The van der Waals surface area contributed by atoms with Crippen LogP contribution >= 0.6 is 12.6 Å². The largest absolute Gasteiger partial charge is 0.492 e. The van der Waals surface area contributed by atoms with E-state index in [-0.39, 0.29) is 10.6 Å². The molecule has 0 amide bonds. The van der Waals surface area contributed by atoms with Gasteiger partial charge in [-0.1, -0.05) is 0 Å².